The van der Waals surface area contributed by atoms with E-state index in [0.717, 1.165) is 18.8 Å². The minimum Gasteiger partial charge on any atom is -0.372 e. The van der Waals surface area contributed by atoms with Crippen LogP contribution in [-0.4, -0.2) is 21.5 Å². The van der Waals surface area contributed by atoms with Crippen LogP contribution in [0.4, 0.5) is 15.8 Å². The summed E-state index contributed by atoms with van der Waals surface area (Å²) in [5.41, 5.74) is 2.20. The molecule has 6 heteroatoms. The minimum absolute atomic E-state index is 0.179. The van der Waals surface area contributed by atoms with E-state index in [1.165, 1.54) is 37.1 Å². The molecule has 0 radical (unpaired) electrons. The van der Waals surface area contributed by atoms with Gasteiger partial charge < -0.3 is 4.90 Å². The third kappa shape index (κ3) is 4.22. The van der Waals surface area contributed by atoms with Crippen LogP contribution in [0.2, 0.25) is 0 Å². The summed E-state index contributed by atoms with van der Waals surface area (Å²) in [6.45, 7) is 2.10. The van der Waals surface area contributed by atoms with Crippen LogP contribution in [0.1, 0.15) is 18.4 Å². The highest BCUT2D eigenvalue weighted by molar-refractivity contribution is 7.91. The Bertz CT molecular complexity index is 752. The van der Waals surface area contributed by atoms with Gasteiger partial charge in [-0.2, -0.15) is 0 Å². The lowest BCUT2D eigenvalue weighted by Gasteiger charge is -2.18. The fourth-order valence-corrected chi connectivity index (χ4v) is 3.93. The SMILES string of the molecule is O=S(=O)(Cc1ccc(F)cc1)Nc1ccc(N2CCCC2)cc1. The van der Waals surface area contributed by atoms with E-state index >= 15 is 0 Å². The second-order valence-corrected chi connectivity index (χ2v) is 7.45. The van der Waals surface area contributed by atoms with E-state index in [1.807, 2.05) is 12.1 Å². The van der Waals surface area contributed by atoms with Gasteiger partial charge in [-0.15, -0.1) is 0 Å². The molecule has 1 saturated heterocycles. The Labute approximate surface area is 136 Å². The van der Waals surface area contributed by atoms with Crippen LogP contribution in [-0.2, 0) is 15.8 Å². The van der Waals surface area contributed by atoms with Crippen molar-refractivity contribution in [3.63, 3.8) is 0 Å². The molecule has 2 aromatic carbocycles. The number of nitrogens with one attached hydrogen (secondary N) is 1. The van der Waals surface area contributed by atoms with Crippen molar-refractivity contribution >= 4 is 21.4 Å². The number of rotatable bonds is 5. The zero-order valence-corrected chi connectivity index (χ0v) is 13.5. The van der Waals surface area contributed by atoms with E-state index in [9.17, 15) is 12.8 Å². The van der Waals surface area contributed by atoms with Crippen molar-refractivity contribution in [2.24, 2.45) is 0 Å². The number of halogens is 1. The molecule has 0 saturated carbocycles. The van der Waals surface area contributed by atoms with E-state index in [4.69, 9.17) is 0 Å². The maximum atomic E-state index is 12.9. The van der Waals surface area contributed by atoms with E-state index in [1.54, 1.807) is 12.1 Å². The van der Waals surface area contributed by atoms with Gasteiger partial charge in [-0.3, -0.25) is 4.72 Å². The summed E-state index contributed by atoms with van der Waals surface area (Å²) in [7, 11) is -3.52. The topological polar surface area (TPSA) is 49.4 Å². The Hall–Kier alpha value is -2.08. The van der Waals surface area contributed by atoms with Gasteiger partial charge in [0.1, 0.15) is 5.82 Å². The predicted octanol–water partition coefficient (Wildman–Crippen LogP) is 3.37. The lowest BCUT2D eigenvalue weighted by molar-refractivity contribution is 0.600. The molecule has 3 rings (SSSR count). The average molecular weight is 334 g/mol. The lowest BCUT2D eigenvalue weighted by atomic mass is 10.2. The van der Waals surface area contributed by atoms with Crippen molar-refractivity contribution in [2.75, 3.05) is 22.7 Å². The van der Waals surface area contributed by atoms with Crippen molar-refractivity contribution in [2.45, 2.75) is 18.6 Å². The van der Waals surface area contributed by atoms with Crippen LogP contribution in [0.15, 0.2) is 48.5 Å². The molecule has 0 aliphatic carbocycles. The van der Waals surface area contributed by atoms with Gasteiger partial charge >= 0.3 is 0 Å². The molecule has 23 heavy (non-hydrogen) atoms. The predicted molar refractivity (Wildman–Crippen MR) is 90.5 cm³/mol. The summed E-state index contributed by atoms with van der Waals surface area (Å²) in [5.74, 6) is -0.558. The Morgan fingerprint density at radius 1 is 0.957 bits per heavy atom. The van der Waals surface area contributed by atoms with Gasteiger partial charge in [-0.05, 0) is 54.8 Å². The van der Waals surface area contributed by atoms with Gasteiger partial charge in [-0.1, -0.05) is 12.1 Å². The van der Waals surface area contributed by atoms with Gasteiger partial charge in [0.15, 0.2) is 0 Å². The Kier molecular flexibility index (Phi) is 4.52. The molecule has 2 aromatic rings. The van der Waals surface area contributed by atoms with Crippen molar-refractivity contribution in [3.8, 4) is 0 Å². The Morgan fingerprint density at radius 3 is 2.17 bits per heavy atom. The number of nitrogens with zero attached hydrogens (tertiary/aromatic N) is 1. The summed E-state index contributed by atoms with van der Waals surface area (Å²) in [5, 5.41) is 0. The zero-order chi connectivity index (χ0) is 16.3. The van der Waals surface area contributed by atoms with Crippen molar-refractivity contribution in [3.05, 3.63) is 59.9 Å². The maximum Gasteiger partial charge on any atom is 0.236 e. The molecule has 4 nitrogen and oxygen atoms in total. The third-order valence-corrected chi connectivity index (χ3v) is 5.14. The van der Waals surface area contributed by atoms with Gasteiger partial charge in [0, 0.05) is 24.5 Å². The second-order valence-electron chi connectivity index (χ2n) is 5.73. The zero-order valence-electron chi connectivity index (χ0n) is 12.7. The molecule has 1 N–H and O–H groups in total. The Morgan fingerprint density at radius 2 is 1.57 bits per heavy atom. The van der Waals surface area contributed by atoms with Crippen LogP contribution in [0.5, 0.6) is 0 Å². The number of hydrogen-bond donors (Lipinski definition) is 1. The monoisotopic (exact) mass is 334 g/mol. The minimum atomic E-state index is -3.52. The van der Waals surface area contributed by atoms with Crippen LogP contribution in [0, 0.1) is 5.82 Å². The largest absolute Gasteiger partial charge is 0.372 e. The normalized spacial score (nSPS) is 14.9. The first-order valence-electron chi connectivity index (χ1n) is 7.62. The Balaban J connectivity index is 1.66. The van der Waals surface area contributed by atoms with Gasteiger partial charge in [0.05, 0.1) is 5.75 Å². The highest BCUT2D eigenvalue weighted by atomic mass is 32.2. The van der Waals surface area contributed by atoms with E-state index in [-0.39, 0.29) is 11.6 Å². The quantitative estimate of drug-likeness (QED) is 0.912. The molecular formula is C17H19FN2O2S. The smallest absolute Gasteiger partial charge is 0.236 e. The molecule has 0 bridgehead atoms. The van der Waals surface area contributed by atoms with Crippen LogP contribution >= 0.6 is 0 Å². The molecule has 0 unspecified atom stereocenters. The molecular weight excluding hydrogens is 315 g/mol. The molecule has 1 aliphatic heterocycles. The number of hydrogen-bond acceptors (Lipinski definition) is 3. The summed E-state index contributed by atoms with van der Waals surface area (Å²) in [6.07, 6.45) is 2.40. The fraction of sp³-hybridized carbons (Fsp3) is 0.294. The van der Waals surface area contributed by atoms with Crippen LogP contribution in [0.25, 0.3) is 0 Å². The summed E-state index contributed by atoms with van der Waals surface area (Å²) in [6, 6.07) is 12.9. The first-order chi connectivity index (χ1) is 11.0. The highest BCUT2D eigenvalue weighted by Gasteiger charge is 2.14. The third-order valence-electron chi connectivity index (χ3n) is 3.88. The van der Waals surface area contributed by atoms with Gasteiger partial charge in [-0.25, -0.2) is 12.8 Å². The molecule has 122 valence electrons. The van der Waals surface area contributed by atoms with E-state index < -0.39 is 10.0 Å². The molecule has 1 heterocycles. The van der Waals surface area contributed by atoms with Crippen LogP contribution < -0.4 is 9.62 Å². The molecule has 1 fully saturated rings. The van der Waals surface area contributed by atoms with E-state index in [0.29, 0.717) is 11.3 Å². The average Bonchev–Trinajstić information content (AvgIpc) is 3.04. The summed E-state index contributed by atoms with van der Waals surface area (Å²) in [4.78, 5) is 2.29. The van der Waals surface area contributed by atoms with Gasteiger partial charge in [0.25, 0.3) is 0 Å². The highest BCUT2D eigenvalue weighted by Crippen LogP contribution is 2.22. The number of benzene rings is 2. The number of anilines is 2. The van der Waals surface area contributed by atoms with Crippen LogP contribution in [0.3, 0.4) is 0 Å². The molecule has 0 atom stereocenters. The van der Waals surface area contributed by atoms with Gasteiger partial charge in [0.2, 0.25) is 10.0 Å². The lowest BCUT2D eigenvalue weighted by Crippen LogP contribution is -2.18. The molecule has 0 aromatic heterocycles. The van der Waals surface area contributed by atoms with Crippen molar-refractivity contribution < 1.29 is 12.8 Å². The van der Waals surface area contributed by atoms with Crippen molar-refractivity contribution in [1.29, 1.82) is 0 Å². The summed E-state index contributed by atoms with van der Waals surface area (Å²) >= 11 is 0. The molecule has 0 amide bonds. The van der Waals surface area contributed by atoms with Crippen molar-refractivity contribution in [1.82, 2.24) is 0 Å². The molecule has 0 spiro atoms. The first kappa shape index (κ1) is 15.8. The number of sulfonamides is 1. The first-order valence-corrected chi connectivity index (χ1v) is 9.27. The summed E-state index contributed by atoms with van der Waals surface area (Å²) < 4.78 is 39.8. The second kappa shape index (κ2) is 6.58. The standard InChI is InChI=1S/C17H19FN2O2S/c18-15-5-3-14(4-6-15)13-23(21,22)19-16-7-9-17(10-8-16)20-11-1-2-12-20/h3-10,19H,1-2,11-13H2. The van der Waals surface area contributed by atoms with E-state index in [2.05, 4.69) is 9.62 Å². The maximum absolute atomic E-state index is 12.9. The fourth-order valence-electron chi connectivity index (χ4n) is 2.73. The molecule has 1 aliphatic rings.